The maximum atomic E-state index is 13.4. The van der Waals surface area contributed by atoms with Crippen molar-refractivity contribution in [3.8, 4) is 5.88 Å². The molecule has 2 rings (SSSR count). The summed E-state index contributed by atoms with van der Waals surface area (Å²) in [4.78, 5) is 28.6. The summed E-state index contributed by atoms with van der Waals surface area (Å²) in [6.07, 6.45) is 0.163. The van der Waals surface area contributed by atoms with Gasteiger partial charge in [0.15, 0.2) is 0 Å². The van der Waals surface area contributed by atoms with Crippen molar-refractivity contribution in [2.24, 2.45) is 5.73 Å². The molecule has 1 aliphatic heterocycles. The van der Waals surface area contributed by atoms with Gasteiger partial charge in [0.25, 0.3) is 5.91 Å². The van der Waals surface area contributed by atoms with Crippen LogP contribution in [0.25, 0.3) is 0 Å². The van der Waals surface area contributed by atoms with Gasteiger partial charge in [0, 0.05) is 12.6 Å². The number of pyridine rings is 1. The van der Waals surface area contributed by atoms with Crippen molar-refractivity contribution in [2.75, 3.05) is 13.7 Å². The van der Waals surface area contributed by atoms with Gasteiger partial charge in [-0.05, 0) is 12.1 Å². The summed E-state index contributed by atoms with van der Waals surface area (Å²) in [5.74, 6) is -1.08. The van der Waals surface area contributed by atoms with E-state index in [1.807, 2.05) is 0 Å². The lowest BCUT2D eigenvalue weighted by molar-refractivity contribution is -0.121. The van der Waals surface area contributed by atoms with Crippen molar-refractivity contribution < 1.29 is 18.7 Å². The normalized spacial score (nSPS) is 22.3. The maximum Gasteiger partial charge on any atom is 0.260 e. The molecule has 1 aromatic rings. The van der Waals surface area contributed by atoms with E-state index in [1.54, 1.807) is 6.07 Å². The number of hydrogen-bond acceptors (Lipinski definition) is 4. The monoisotopic (exact) mass is 267 g/mol. The topological polar surface area (TPSA) is 85.5 Å². The first-order chi connectivity index (χ1) is 9.04. The fourth-order valence-electron chi connectivity index (χ4n) is 2.15. The molecule has 0 radical (unpaired) electrons. The molecule has 6 nitrogen and oxygen atoms in total. The minimum Gasteiger partial charge on any atom is -0.480 e. The summed E-state index contributed by atoms with van der Waals surface area (Å²) in [5.41, 5.74) is 5.38. The van der Waals surface area contributed by atoms with Gasteiger partial charge in [-0.1, -0.05) is 0 Å². The number of primary amides is 1. The summed E-state index contributed by atoms with van der Waals surface area (Å²) in [7, 11) is 1.38. The molecule has 2 heterocycles. The van der Waals surface area contributed by atoms with Crippen molar-refractivity contribution in [3.05, 3.63) is 23.9 Å². The van der Waals surface area contributed by atoms with Crippen molar-refractivity contribution in [3.63, 3.8) is 0 Å². The van der Waals surface area contributed by atoms with Gasteiger partial charge >= 0.3 is 0 Å². The highest BCUT2D eigenvalue weighted by Gasteiger charge is 2.39. The van der Waals surface area contributed by atoms with E-state index < -0.39 is 24.0 Å². The largest absolute Gasteiger partial charge is 0.480 e. The Morgan fingerprint density at radius 2 is 2.32 bits per heavy atom. The zero-order valence-corrected chi connectivity index (χ0v) is 10.4. The molecular weight excluding hydrogens is 253 g/mol. The van der Waals surface area contributed by atoms with Gasteiger partial charge in [0.2, 0.25) is 11.8 Å². The second-order valence-electron chi connectivity index (χ2n) is 4.27. The van der Waals surface area contributed by atoms with E-state index in [4.69, 9.17) is 10.5 Å². The van der Waals surface area contributed by atoms with Crippen molar-refractivity contribution in [2.45, 2.75) is 18.6 Å². The molecule has 2 amide bonds. The molecule has 0 saturated carbocycles. The Hall–Kier alpha value is -2.18. The van der Waals surface area contributed by atoms with E-state index in [1.165, 1.54) is 19.4 Å². The van der Waals surface area contributed by atoms with Gasteiger partial charge < -0.3 is 15.4 Å². The molecule has 1 aliphatic rings. The zero-order chi connectivity index (χ0) is 14.0. The van der Waals surface area contributed by atoms with E-state index in [9.17, 15) is 14.0 Å². The summed E-state index contributed by atoms with van der Waals surface area (Å²) in [6, 6.07) is 2.16. The molecule has 1 fully saturated rings. The van der Waals surface area contributed by atoms with Crippen LogP contribution in [0.2, 0.25) is 0 Å². The Kier molecular flexibility index (Phi) is 3.64. The second-order valence-corrected chi connectivity index (χ2v) is 4.27. The number of hydrogen-bond donors (Lipinski definition) is 1. The molecule has 102 valence electrons. The number of methoxy groups -OCH3 is 1. The predicted molar refractivity (Wildman–Crippen MR) is 64.3 cm³/mol. The number of likely N-dealkylation sites (tertiary alicyclic amines) is 1. The molecule has 1 saturated heterocycles. The molecule has 0 bridgehead atoms. The fourth-order valence-corrected chi connectivity index (χ4v) is 2.15. The van der Waals surface area contributed by atoms with Crippen LogP contribution in [0.15, 0.2) is 18.3 Å². The average Bonchev–Trinajstić information content (AvgIpc) is 2.80. The standard InChI is InChI=1S/C12H14FN3O3/c1-19-11-8(3-2-4-15-11)12(18)16-6-7(13)5-9(16)10(14)17/h2-4,7,9H,5-6H2,1H3,(H2,14,17)/t7-,9+/m1/s1. The quantitative estimate of drug-likeness (QED) is 0.843. The lowest BCUT2D eigenvalue weighted by Gasteiger charge is -2.22. The third-order valence-corrected chi connectivity index (χ3v) is 3.03. The van der Waals surface area contributed by atoms with E-state index in [0.717, 1.165) is 4.90 Å². The van der Waals surface area contributed by atoms with E-state index >= 15 is 0 Å². The van der Waals surface area contributed by atoms with Crippen LogP contribution in [0.1, 0.15) is 16.8 Å². The lowest BCUT2D eigenvalue weighted by atomic mass is 10.2. The molecule has 0 aliphatic carbocycles. The molecule has 7 heteroatoms. The molecule has 2 atom stereocenters. The third kappa shape index (κ3) is 2.49. The van der Waals surface area contributed by atoms with Gasteiger partial charge in [-0.2, -0.15) is 0 Å². The molecule has 19 heavy (non-hydrogen) atoms. The smallest absolute Gasteiger partial charge is 0.260 e. The van der Waals surface area contributed by atoms with Crippen LogP contribution in [0.3, 0.4) is 0 Å². The SMILES string of the molecule is COc1ncccc1C(=O)N1C[C@H](F)C[C@H]1C(N)=O. The van der Waals surface area contributed by atoms with Gasteiger partial charge in [-0.25, -0.2) is 9.37 Å². The molecular formula is C12H14FN3O3. The Labute approximate surface area is 109 Å². The number of halogens is 1. The van der Waals surface area contributed by atoms with Crippen LogP contribution in [0.5, 0.6) is 5.88 Å². The van der Waals surface area contributed by atoms with Gasteiger partial charge in [-0.3, -0.25) is 9.59 Å². The lowest BCUT2D eigenvalue weighted by Crippen LogP contribution is -2.43. The van der Waals surface area contributed by atoms with Gasteiger partial charge in [0.05, 0.1) is 13.7 Å². The number of nitrogens with two attached hydrogens (primary N) is 1. The first-order valence-corrected chi connectivity index (χ1v) is 5.78. The Morgan fingerprint density at radius 1 is 1.58 bits per heavy atom. The van der Waals surface area contributed by atoms with Gasteiger partial charge in [-0.15, -0.1) is 0 Å². The van der Waals surface area contributed by atoms with E-state index in [-0.39, 0.29) is 24.4 Å². The van der Waals surface area contributed by atoms with Crippen LogP contribution >= 0.6 is 0 Å². The number of amides is 2. The number of carbonyl (C=O) groups is 2. The van der Waals surface area contributed by atoms with Gasteiger partial charge in [0.1, 0.15) is 17.8 Å². The highest BCUT2D eigenvalue weighted by atomic mass is 19.1. The van der Waals surface area contributed by atoms with E-state index in [0.29, 0.717) is 0 Å². The summed E-state index contributed by atoms with van der Waals surface area (Å²) >= 11 is 0. The minimum absolute atomic E-state index is 0.0658. The molecule has 1 aromatic heterocycles. The van der Waals surface area contributed by atoms with Crippen LogP contribution in [-0.2, 0) is 4.79 Å². The van der Waals surface area contributed by atoms with Crippen molar-refractivity contribution >= 4 is 11.8 Å². The van der Waals surface area contributed by atoms with Crippen LogP contribution in [0.4, 0.5) is 4.39 Å². The molecule has 0 aromatic carbocycles. The predicted octanol–water partition coefficient (Wildman–Crippen LogP) is 0.128. The first kappa shape index (κ1) is 13.3. The third-order valence-electron chi connectivity index (χ3n) is 3.03. The number of carbonyl (C=O) groups excluding carboxylic acids is 2. The Morgan fingerprint density at radius 3 is 2.95 bits per heavy atom. The number of aromatic nitrogens is 1. The highest BCUT2D eigenvalue weighted by Crippen LogP contribution is 2.25. The van der Waals surface area contributed by atoms with Crippen LogP contribution < -0.4 is 10.5 Å². The second kappa shape index (κ2) is 5.21. The van der Waals surface area contributed by atoms with Crippen LogP contribution in [-0.4, -0.2) is 47.6 Å². The highest BCUT2D eigenvalue weighted by molar-refractivity contribution is 5.99. The number of ether oxygens (including phenoxy) is 1. The molecule has 0 spiro atoms. The van der Waals surface area contributed by atoms with Crippen molar-refractivity contribution in [1.29, 1.82) is 0 Å². The Balaban J connectivity index is 2.30. The number of alkyl halides is 1. The summed E-state index contributed by atoms with van der Waals surface area (Å²) < 4.78 is 18.4. The maximum absolute atomic E-state index is 13.4. The summed E-state index contributed by atoms with van der Waals surface area (Å²) in [5, 5.41) is 0. The summed E-state index contributed by atoms with van der Waals surface area (Å²) in [6.45, 7) is -0.148. The number of rotatable bonds is 3. The minimum atomic E-state index is -1.25. The Bertz CT molecular complexity index is 509. The molecule has 2 N–H and O–H groups in total. The number of nitrogens with zero attached hydrogens (tertiary/aromatic N) is 2. The molecule has 0 unspecified atom stereocenters. The fraction of sp³-hybridized carbons (Fsp3) is 0.417. The van der Waals surface area contributed by atoms with Crippen LogP contribution in [0, 0.1) is 0 Å². The van der Waals surface area contributed by atoms with E-state index in [2.05, 4.69) is 4.98 Å². The average molecular weight is 267 g/mol. The zero-order valence-electron chi connectivity index (χ0n) is 10.4. The van der Waals surface area contributed by atoms with Crippen molar-refractivity contribution in [1.82, 2.24) is 9.88 Å². The first-order valence-electron chi connectivity index (χ1n) is 5.78.